The zero-order valence-corrected chi connectivity index (χ0v) is 23.0. The molecule has 0 saturated heterocycles. The second-order valence-corrected chi connectivity index (χ2v) is 11.4. The van der Waals surface area contributed by atoms with Gasteiger partial charge >= 0.3 is 0 Å². The van der Waals surface area contributed by atoms with E-state index >= 15 is 0 Å². The van der Waals surface area contributed by atoms with Crippen molar-refractivity contribution in [3.63, 3.8) is 0 Å². The van der Waals surface area contributed by atoms with Crippen LogP contribution in [0.15, 0.2) is 145 Å². The maximum absolute atomic E-state index is 8.82. The molecule has 4 aromatic heterocycles. The van der Waals surface area contributed by atoms with Crippen molar-refractivity contribution in [1.29, 1.82) is 0 Å². The number of aromatic nitrogens is 2. The van der Waals surface area contributed by atoms with E-state index < -0.39 is 12.1 Å². The summed E-state index contributed by atoms with van der Waals surface area (Å²) in [7, 11) is 0. The molecule has 0 unspecified atom stereocenters. The van der Waals surface area contributed by atoms with E-state index in [4.69, 9.17) is 13.7 Å². The van der Waals surface area contributed by atoms with E-state index in [2.05, 4.69) is 20.9 Å². The summed E-state index contributed by atoms with van der Waals surface area (Å²) in [5.74, 6) is 0. The van der Waals surface area contributed by atoms with E-state index in [9.17, 15) is 0 Å². The summed E-state index contributed by atoms with van der Waals surface area (Å²) in [5, 5.41) is 7.33. The fourth-order valence-electron chi connectivity index (χ4n) is 7.69. The van der Waals surface area contributed by atoms with Crippen LogP contribution in [0.4, 0.5) is 0 Å². The Labute approximate surface area is 266 Å². The lowest BCUT2D eigenvalue weighted by atomic mass is 9.96. The average Bonchev–Trinajstić information content (AvgIpc) is 3.91. The third-order valence-corrected chi connectivity index (χ3v) is 9.35. The summed E-state index contributed by atoms with van der Waals surface area (Å²) in [5.41, 5.74) is 7.04. The Morgan fingerprint density at radius 1 is 0.386 bits per heavy atom. The van der Waals surface area contributed by atoms with Gasteiger partial charge in [0.15, 0.2) is 0 Å². The van der Waals surface area contributed by atoms with E-state index in [1.165, 1.54) is 0 Å². The third-order valence-electron chi connectivity index (χ3n) is 9.35. The van der Waals surface area contributed by atoms with E-state index in [-0.39, 0.29) is 59.5 Å². The molecule has 4 heterocycles. The number of para-hydroxylation sites is 2. The first-order chi connectivity index (χ1) is 26.0. The zero-order chi connectivity index (χ0) is 37.2. The van der Waals surface area contributed by atoms with E-state index in [0.29, 0.717) is 11.1 Å². The molecule has 0 aliphatic carbocycles. The topological polar surface area (TPSA) is 8.82 Å². The van der Waals surface area contributed by atoms with Crippen LogP contribution in [-0.4, -0.2) is 8.80 Å². The molecule has 0 saturated carbocycles. The Morgan fingerprint density at radius 3 is 1.27 bits per heavy atom. The molecule has 0 N–H and O–H groups in total. The molecule has 0 bridgehead atoms. The van der Waals surface area contributed by atoms with Crippen molar-refractivity contribution < 1.29 is 13.7 Å². The molecule has 0 fully saturated rings. The van der Waals surface area contributed by atoms with Crippen molar-refractivity contribution in [2.24, 2.45) is 0 Å². The molecule has 0 aliphatic heterocycles. The number of rotatable bonds is 2. The van der Waals surface area contributed by atoms with Crippen molar-refractivity contribution in [2.45, 2.75) is 0 Å². The lowest BCUT2D eigenvalue weighted by molar-refractivity contribution is 1.36. The highest BCUT2D eigenvalue weighted by Gasteiger charge is 2.24. The van der Waals surface area contributed by atoms with Crippen molar-refractivity contribution in [3.05, 3.63) is 145 Å². The second kappa shape index (κ2) is 7.94. The molecular weight excluding hydrogens is 532 g/mol. The first-order valence-corrected chi connectivity index (χ1v) is 14.5. The smallest absolute Gasteiger partial charge is 0.0629 e. The fraction of sp³-hybridized carbons (Fsp3) is 0. The summed E-state index contributed by atoms with van der Waals surface area (Å²) in [4.78, 5) is 0. The normalized spacial score (nSPS) is 15.7. The largest absolute Gasteiger partial charge is 0.308 e. The molecule has 2 heteroatoms. The summed E-state index contributed by atoms with van der Waals surface area (Å²) in [6.07, 6.45) is 0. The lowest BCUT2D eigenvalue weighted by Gasteiger charge is -2.06. The van der Waals surface area contributed by atoms with Gasteiger partial charge in [0.1, 0.15) is 0 Å². The molecule has 0 atom stereocenters. The molecular formula is C42H24N2. The van der Waals surface area contributed by atoms with Crippen LogP contribution < -0.4 is 0 Å². The lowest BCUT2D eigenvalue weighted by Crippen LogP contribution is -1.82. The molecule has 0 aliphatic rings. The predicted octanol–water partition coefficient (Wildman–Crippen LogP) is 11.3. The molecule has 0 amide bonds. The van der Waals surface area contributed by atoms with Gasteiger partial charge in [0, 0.05) is 43.1 Å². The predicted molar refractivity (Wildman–Crippen MR) is 187 cm³/mol. The van der Waals surface area contributed by atoms with Crippen LogP contribution in [0.5, 0.6) is 0 Å². The fourth-order valence-corrected chi connectivity index (χ4v) is 7.69. The summed E-state index contributed by atoms with van der Waals surface area (Å²) in [6, 6.07) is 24.7. The number of hydrogen-bond donors (Lipinski definition) is 0. The van der Waals surface area contributed by atoms with Gasteiger partial charge in [0.2, 0.25) is 0 Å². The van der Waals surface area contributed by atoms with Crippen LogP contribution in [0.2, 0.25) is 0 Å². The molecule has 2 nitrogen and oxygen atoms in total. The number of fused-ring (bicyclic) bond motifs is 12. The van der Waals surface area contributed by atoms with Crippen LogP contribution in [0.25, 0.3) is 98.4 Å². The highest BCUT2D eigenvalue weighted by molar-refractivity contribution is 6.31. The summed E-state index contributed by atoms with van der Waals surface area (Å²) in [6.45, 7) is 0. The molecule has 7 aromatic carbocycles. The SMILES string of the molecule is [2H]c1c([2H])c([2H])c(-c2ccc3c4cc5c(cc4n4c6ccccc6c2c34)c2ccc(-c3c([2H])c([2H])c([2H])c([2H])c3[2H])c3c4ccccc4n5c23)c([2H])c1[2H]. The quantitative estimate of drug-likeness (QED) is 0.197. The van der Waals surface area contributed by atoms with Crippen LogP contribution in [0, 0.1) is 0 Å². The van der Waals surface area contributed by atoms with E-state index in [0.717, 1.165) is 76.2 Å². The van der Waals surface area contributed by atoms with Gasteiger partial charge < -0.3 is 8.80 Å². The van der Waals surface area contributed by atoms with Gasteiger partial charge in [0.25, 0.3) is 0 Å². The second-order valence-electron chi connectivity index (χ2n) is 11.4. The standard InChI is InChI=1S/C42H24N2/c1-3-11-25(12-4-1)27-19-21-29-33-23-38-34(24-37(33)43-35-17-9-7-15-31(35)39(27)41(29)43)30-22-20-28(26-13-5-2-6-14-26)40-32-16-8-10-18-36(32)44(38)42(30)40/h1-24H/i1D,2D,3D,4D,5D,6D,11D,12D,13D,14D. The third kappa shape index (κ3) is 2.63. The monoisotopic (exact) mass is 566 g/mol. The summed E-state index contributed by atoms with van der Waals surface area (Å²) >= 11 is 0. The average molecular weight is 567 g/mol. The molecule has 11 aromatic rings. The number of hydrogen-bond acceptors (Lipinski definition) is 0. The van der Waals surface area contributed by atoms with Gasteiger partial charge in [-0.25, -0.2) is 0 Å². The van der Waals surface area contributed by atoms with Crippen LogP contribution >= 0.6 is 0 Å². The molecule has 44 heavy (non-hydrogen) atoms. The van der Waals surface area contributed by atoms with Crippen molar-refractivity contribution in [2.75, 3.05) is 0 Å². The van der Waals surface area contributed by atoms with Gasteiger partial charge in [-0.15, -0.1) is 0 Å². The minimum absolute atomic E-state index is 0.166. The van der Waals surface area contributed by atoms with Gasteiger partial charge in [0.05, 0.1) is 46.8 Å². The van der Waals surface area contributed by atoms with Crippen molar-refractivity contribution >= 4 is 76.2 Å². The van der Waals surface area contributed by atoms with Crippen LogP contribution in [0.3, 0.4) is 0 Å². The molecule has 0 spiro atoms. The Balaban J connectivity index is 1.30. The minimum Gasteiger partial charge on any atom is -0.308 e. The Bertz CT molecular complexity index is 3220. The van der Waals surface area contributed by atoms with Crippen LogP contribution in [0.1, 0.15) is 13.7 Å². The molecule has 202 valence electrons. The zero-order valence-electron chi connectivity index (χ0n) is 33.0. The van der Waals surface area contributed by atoms with E-state index in [1.54, 1.807) is 0 Å². The van der Waals surface area contributed by atoms with Crippen molar-refractivity contribution in [3.8, 4) is 22.3 Å². The summed E-state index contributed by atoms with van der Waals surface area (Å²) < 4.78 is 89.6. The van der Waals surface area contributed by atoms with Gasteiger partial charge in [-0.1, -0.05) is 121 Å². The van der Waals surface area contributed by atoms with Crippen LogP contribution in [-0.2, 0) is 0 Å². The first-order valence-electron chi connectivity index (χ1n) is 19.5. The van der Waals surface area contributed by atoms with E-state index in [1.807, 2.05) is 72.8 Å². The maximum atomic E-state index is 8.82. The Kier molecular flexibility index (Phi) is 2.81. The molecule has 0 radical (unpaired) electrons. The Hall–Kier alpha value is -5.86. The van der Waals surface area contributed by atoms with Crippen molar-refractivity contribution in [1.82, 2.24) is 8.80 Å². The Morgan fingerprint density at radius 2 is 0.818 bits per heavy atom. The minimum atomic E-state index is -0.428. The van der Waals surface area contributed by atoms with Gasteiger partial charge in [-0.3, -0.25) is 0 Å². The highest BCUT2D eigenvalue weighted by Crippen LogP contribution is 2.48. The van der Waals surface area contributed by atoms with Gasteiger partial charge in [-0.05, 0) is 46.5 Å². The maximum Gasteiger partial charge on any atom is 0.0629 e. The highest BCUT2D eigenvalue weighted by atomic mass is 14.9. The molecule has 11 rings (SSSR count). The van der Waals surface area contributed by atoms with Gasteiger partial charge in [-0.2, -0.15) is 0 Å². The first kappa shape index (κ1) is 15.6. The number of benzene rings is 7. The number of nitrogens with zero attached hydrogens (tertiary/aromatic N) is 2.